The van der Waals surface area contributed by atoms with Gasteiger partial charge < -0.3 is 15.1 Å². The molecular weight excluding hydrogens is 316 g/mol. The average molecular weight is 338 g/mol. The third-order valence-corrected chi connectivity index (χ3v) is 3.91. The minimum atomic E-state index is -0.583. The van der Waals surface area contributed by atoms with E-state index in [0.29, 0.717) is 13.0 Å². The van der Waals surface area contributed by atoms with Gasteiger partial charge in [0.15, 0.2) is 0 Å². The second-order valence-electron chi connectivity index (χ2n) is 6.35. The van der Waals surface area contributed by atoms with Crippen LogP contribution in [0.25, 0.3) is 0 Å². The van der Waals surface area contributed by atoms with Gasteiger partial charge in [0, 0.05) is 37.5 Å². The van der Waals surface area contributed by atoms with Gasteiger partial charge >= 0.3 is 0 Å². The zero-order valence-electron chi connectivity index (χ0n) is 14.5. The van der Waals surface area contributed by atoms with Crippen LogP contribution in [0.15, 0.2) is 53.9 Å². The van der Waals surface area contributed by atoms with Crippen LogP contribution < -0.4 is 5.32 Å². The van der Waals surface area contributed by atoms with Crippen LogP contribution in [-0.4, -0.2) is 41.7 Å². The van der Waals surface area contributed by atoms with Gasteiger partial charge in [0.1, 0.15) is 0 Å². The third kappa shape index (κ3) is 4.64. The van der Waals surface area contributed by atoms with Crippen molar-refractivity contribution in [2.75, 3.05) is 14.1 Å². The van der Waals surface area contributed by atoms with Gasteiger partial charge in [-0.1, -0.05) is 29.4 Å². The van der Waals surface area contributed by atoms with E-state index in [0.717, 1.165) is 23.4 Å². The highest BCUT2D eigenvalue weighted by Gasteiger charge is 2.28. The second-order valence-corrected chi connectivity index (χ2v) is 6.35. The van der Waals surface area contributed by atoms with Gasteiger partial charge in [-0.2, -0.15) is 0 Å². The Kier molecular flexibility index (Phi) is 5.40. The number of rotatable bonds is 6. The van der Waals surface area contributed by atoms with Crippen molar-refractivity contribution in [3.63, 3.8) is 0 Å². The zero-order chi connectivity index (χ0) is 17.6. The van der Waals surface area contributed by atoms with Crippen molar-refractivity contribution in [1.29, 1.82) is 0 Å². The molecule has 1 atom stereocenters. The Morgan fingerprint density at radius 1 is 1.28 bits per heavy atom. The van der Waals surface area contributed by atoms with Gasteiger partial charge in [-0.15, -0.1) is 0 Å². The lowest BCUT2D eigenvalue weighted by Gasteiger charge is -2.12. The lowest BCUT2D eigenvalue weighted by atomic mass is 10.1. The van der Waals surface area contributed by atoms with E-state index in [-0.39, 0.29) is 5.91 Å². The zero-order valence-corrected chi connectivity index (χ0v) is 14.5. The quantitative estimate of drug-likeness (QED) is 0.874. The highest BCUT2D eigenvalue weighted by Crippen LogP contribution is 2.16. The number of pyridine rings is 1. The van der Waals surface area contributed by atoms with E-state index in [1.807, 2.05) is 38.4 Å². The summed E-state index contributed by atoms with van der Waals surface area (Å²) in [7, 11) is 4.07. The fraction of sp³-hybridized carbons (Fsp3) is 0.316. The van der Waals surface area contributed by atoms with Gasteiger partial charge in [0.05, 0.1) is 5.71 Å². The SMILES string of the molecule is CN(C)Cc1cccc(CNC(=O)C2CC(c3cccnc3)=NO2)c1. The molecule has 1 aliphatic heterocycles. The summed E-state index contributed by atoms with van der Waals surface area (Å²) in [6.45, 7) is 1.35. The number of hydrogen-bond donors (Lipinski definition) is 1. The summed E-state index contributed by atoms with van der Waals surface area (Å²) in [5.41, 5.74) is 3.92. The summed E-state index contributed by atoms with van der Waals surface area (Å²) >= 11 is 0. The minimum Gasteiger partial charge on any atom is -0.382 e. The Balaban J connectivity index is 1.52. The fourth-order valence-electron chi connectivity index (χ4n) is 2.73. The molecule has 2 aromatic rings. The van der Waals surface area contributed by atoms with Crippen molar-refractivity contribution in [1.82, 2.24) is 15.2 Å². The molecule has 6 heteroatoms. The maximum absolute atomic E-state index is 12.3. The Labute approximate surface area is 147 Å². The van der Waals surface area contributed by atoms with Crippen molar-refractivity contribution < 1.29 is 9.63 Å². The topological polar surface area (TPSA) is 66.8 Å². The molecule has 0 bridgehead atoms. The molecule has 1 aromatic carbocycles. The molecule has 0 radical (unpaired) electrons. The van der Waals surface area contributed by atoms with Crippen molar-refractivity contribution in [2.24, 2.45) is 5.16 Å². The van der Waals surface area contributed by atoms with Gasteiger partial charge in [-0.3, -0.25) is 9.78 Å². The molecular formula is C19H22N4O2. The summed E-state index contributed by atoms with van der Waals surface area (Å²) in [6.07, 6.45) is 3.30. The number of nitrogens with one attached hydrogen (secondary N) is 1. The molecule has 0 saturated heterocycles. The lowest BCUT2D eigenvalue weighted by Crippen LogP contribution is -2.34. The maximum atomic E-state index is 12.3. The fourth-order valence-corrected chi connectivity index (χ4v) is 2.73. The molecule has 1 aromatic heterocycles. The average Bonchev–Trinajstić information content (AvgIpc) is 3.10. The molecule has 0 fully saturated rings. The Morgan fingerprint density at radius 3 is 2.88 bits per heavy atom. The number of hydrogen-bond acceptors (Lipinski definition) is 5. The summed E-state index contributed by atoms with van der Waals surface area (Å²) in [5.74, 6) is -0.152. The predicted molar refractivity (Wildman–Crippen MR) is 95.9 cm³/mol. The molecule has 2 heterocycles. The first kappa shape index (κ1) is 17.1. The van der Waals surface area contributed by atoms with Gasteiger partial charge in [0.2, 0.25) is 6.10 Å². The van der Waals surface area contributed by atoms with E-state index < -0.39 is 6.10 Å². The smallest absolute Gasteiger partial charge is 0.264 e. The molecule has 25 heavy (non-hydrogen) atoms. The number of aromatic nitrogens is 1. The van der Waals surface area contributed by atoms with Crippen LogP contribution in [0.4, 0.5) is 0 Å². The number of benzene rings is 1. The Morgan fingerprint density at radius 2 is 2.12 bits per heavy atom. The van der Waals surface area contributed by atoms with Crippen molar-refractivity contribution in [3.8, 4) is 0 Å². The summed E-state index contributed by atoms with van der Waals surface area (Å²) in [6, 6.07) is 12.0. The number of carbonyl (C=O) groups is 1. The van der Waals surface area contributed by atoms with Gasteiger partial charge in [-0.05, 0) is 37.4 Å². The van der Waals surface area contributed by atoms with Crippen LogP contribution in [0.3, 0.4) is 0 Å². The minimum absolute atomic E-state index is 0.152. The molecule has 0 saturated carbocycles. The van der Waals surface area contributed by atoms with E-state index in [4.69, 9.17) is 4.84 Å². The van der Waals surface area contributed by atoms with E-state index in [1.165, 1.54) is 5.56 Å². The molecule has 1 amide bonds. The normalized spacial score (nSPS) is 16.4. The van der Waals surface area contributed by atoms with Crippen LogP contribution in [0, 0.1) is 0 Å². The number of amides is 1. The number of nitrogens with zero attached hydrogens (tertiary/aromatic N) is 3. The van der Waals surface area contributed by atoms with Gasteiger partial charge in [-0.25, -0.2) is 0 Å². The number of carbonyl (C=O) groups excluding carboxylic acids is 1. The van der Waals surface area contributed by atoms with Crippen LogP contribution in [0.5, 0.6) is 0 Å². The molecule has 1 N–H and O–H groups in total. The molecule has 0 spiro atoms. The standard InChI is InChI=1S/C19H22N4O2/c1-23(2)13-15-6-3-5-14(9-15)11-21-19(24)18-10-17(22-25-18)16-7-4-8-20-12-16/h3-9,12,18H,10-11,13H2,1-2H3,(H,21,24). The molecule has 0 aliphatic carbocycles. The molecule has 3 rings (SSSR count). The number of oxime groups is 1. The highest BCUT2D eigenvalue weighted by molar-refractivity contribution is 6.03. The van der Waals surface area contributed by atoms with Crippen molar-refractivity contribution in [2.45, 2.75) is 25.6 Å². The first-order chi connectivity index (χ1) is 12.1. The van der Waals surface area contributed by atoms with Gasteiger partial charge in [0.25, 0.3) is 5.91 Å². The Hall–Kier alpha value is -2.73. The molecule has 1 aliphatic rings. The van der Waals surface area contributed by atoms with E-state index in [1.54, 1.807) is 12.4 Å². The third-order valence-electron chi connectivity index (χ3n) is 3.91. The van der Waals surface area contributed by atoms with Crippen LogP contribution in [0.2, 0.25) is 0 Å². The molecule has 6 nitrogen and oxygen atoms in total. The van der Waals surface area contributed by atoms with Crippen molar-refractivity contribution >= 4 is 11.6 Å². The van der Waals surface area contributed by atoms with E-state index in [9.17, 15) is 4.79 Å². The maximum Gasteiger partial charge on any atom is 0.264 e. The van der Waals surface area contributed by atoms with E-state index >= 15 is 0 Å². The first-order valence-electron chi connectivity index (χ1n) is 8.25. The largest absolute Gasteiger partial charge is 0.382 e. The Bertz CT molecular complexity index is 759. The lowest BCUT2D eigenvalue weighted by molar-refractivity contribution is -0.131. The molecule has 1 unspecified atom stereocenters. The summed E-state index contributed by atoms with van der Waals surface area (Å²) in [5, 5.41) is 6.95. The van der Waals surface area contributed by atoms with Crippen LogP contribution >= 0.6 is 0 Å². The summed E-state index contributed by atoms with van der Waals surface area (Å²) in [4.78, 5) is 23.8. The first-order valence-corrected chi connectivity index (χ1v) is 8.25. The highest BCUT2D eigenvalue weighted by atomic mass is 16.6. The second kappa shape index (κ2) is 7.90. The van der Waals surface area contributed by atoms with Crippen LogP contribution in [0.1, 0.15) is 23.1 Å². The molecule has 130 valence electrons. The monoisotopic (exact) mass is 338 g/mol. The predicted octanol–water partition coefficient (Wildman–Crippen LogP) is 1.95. The van der Waals surface area contributed by atoms with Crippen molar-refractivity contribution in [3.05, 3.63) is 65.5 Å². The van der Waals surface area contributed by atoms with E-state index in [2.05, 4.69) is 32.5 Å². The summed E-state index contributed by atoms with van der Waals surface area (Å²) < 4.78 is 0. The van der Waals surface area contributed by atoms with Crippen LogP contribution in [-0.2, 0) is 22.7 Å².